The number of benzene rings is 1. The Morgan fingerprint density at radius 3 is 2.79 bits per heavy atom. The minimum absolute atomic E-state index is 0.856. The topological polar surface area (TPSA) is 36.8 Å². The molecule has 0 saturated heterocycles. The first-order valence-electron chi connectivity index (χ1n) is 8.70. The highest BCUT2D eigenvalue weighted by atomic mass is 14.8. The zero-order chi connectivity index (χ0) is 17.8. The Hall–Kier alpha value is -2.00. The van der Waals surface area contributed by atoms with Crippen molar-refractivity contribution in [1.29, 1.82) is 0 Å². The van der Waals surface area contributed by atoms with Gasteiger partial charge in [-0.25, -0.2) is 0 Å². The van der Waals surface area contributed by atoms with E-state index < -0.39 is 0 Å². The second-order valence-electron chi connectivity index (χ2n) is 5.93. The third-order valence-electron chi connectivity index (χ3n) is 3.93. The Morgan fingerprint density at radius 2 is 2.08 bits per heavy atom. The number of unbranched alkanes of at least 4 members (excludes halogenated alkanes) is 1. The zero-order valence-electron chi connectivity index (χ0n) is 15.6. The molecule has 0 saturated carbocycles. The van der Waals surface area contributed by atoms with Crippen LogP contribution in [-0.2, 0) is 6.54 Å². The molecule has 0 aliphatic carbocycles. The lowest BCUT2D eigenvalue weighted by atomic mass is 10.0. The quantitative estimate of drug-likeness (QED) is 0.372. The minimum atomic E-state index is 0.856. The molecular formula is C21H31N3. The molecule has 1 aromatic rings. The first kappa shape index (κ1) is 20.0. The fraction of sp³-hybridized carbons (Fsp3) is 0.429. The summed E-state index contributed by atoms with van der Waals surface area (Å²) < 4.78 is 0. The van der Waals surface area contributed by atoms with Crippen LogP contribution in [0.4, 0.5) is 0 Å². The molecule has 0 unspecified atom stereocenters. The van der Waals surface area contributed by atoms with E-state index in [-0.39, 0.29) is 0 Å². The molecule has 0 spiro atoms. The van der Waals surface area contributed by atoms with Gasteiger partial charge in [-0.05, 0) is 75.7 Å². The molecule has 0 fully saturated rings. The number of hydrogen-bond donors (Lipinski definition) is 1. The van der Waals surface area contributed by atoms with Crippen molar-refractivity contribution in [1.82, 2.24) is 5.32 Å². The normalized spacial score (nSPS) is 12.8. The molecule has 1 N–H and O–H groups in total. The van der Waals surface area contributed by atoms with E-state index in [9.17, 15) is 0 Å². The van der Waals surface area contributed by atoms with Crippen LogP contribution < -0.4 is 5.32 Å². The van der Waals surface area contributed by atoms with Crippen molar-refractivity contribution in [3.63, 3.8) is 0 Å². The summed E-state index contributed by atoms with van der Waals surface area (Å²) in [6.07, 6.45) is 8.24. The van der Waals surface area contributed by atoms with Gasteiger partial charge in [-0.3, -0.25) is 9.98 Å². The largest absolute Gasteiger partial charge is 0.313 e. The minimum Gasteiger partial charge on any atom is -0.313 e. The lowest BCUT2D eigenvalue weighted by Crippen LogP contribution is -2.13. The van der Waals surface area contributed by atoms with Crippen LogP contribution in [0.1, 0.15) is 50.3 Å². The molecule has 0 atom stereocenters. The first-order chi connectivity index (χ1) is 11.6. The molecule has 0 heterocycles. The van der Waals surface area contributed by atoms with Crippen molar-refractivity contribution < 1.29 is 0 Å². The number of aliphatic imine (C=N–C) groups is 2. The number of allylic oxidation sites excluding steroid dienone is 4. The van der Waals surface area contributed by atoms with E-state index in [0.717, 1.165) is 43.9 Å². The Kier molecular flexibility index (Phi) is 9.62. The van der Waals surface area contributed by atoms with Crippen molar-refractivity contribution in [2.45, 2.75) is 47.1 Å². The van der Waals surface area contributed by atoms with Gasteiger partial charge >= 0.3 is 0 Å². The predicted octanol–water partition coefficient (Wildman–Crippen LogP) is 4.85. The van der Waals surface area contributed by atoms with Gasteiger partial charge in [-0.15, -0.1) is 0 Å². The van der Waals surface area contributed by atoms with Crippen LogP contribution in [0.3, 0.4) is 0 Å². The summed E-state index contributed by atoms with van der Waals surface area (Å²) in [6, 6.07) is 6.61. The van der Waals surface area contributed by atoms with Gasteiger partial charge in [-0.2, -0.15) is 0 Å². The highest BCUT2D eigenvalue weighted by Crippen LogP contribution is 2.12. The highest BCUT2D eigenvalue weighted by Gasteiger charge is 2.02. The molecule has 0 aromatic heterocycles. The number of nitrogens with zero attached hydrogens (tertiary/aromatic N) is 2. The maximum atomic E-state index is 4.71. The predicted molar refractivity (Wildman–Crippen MR) is 107 cm³/mol. The fourth-order valence-corrected chi connectivity index (χ4v) is 2.25. The van der Waals surface area contributed by atoms with E-state index in [1.807, 2.05) is 19.1 Å². The fourth-order valence-electron chi connectivity index (χ4n) is 2.25. The number of nitrogens with one attached hydrogen (secondary N) is 1. The standard InChI is InChI=1S/C21H31N3/c1-6-23-16-21-15-20(13-12-17(21)2)19(4)24-14-10-8-7-9-11-18(3)22-5/h7,9,11-13,15,23H,5-6,8,10,14,16H2,1-4H3/b9-7-,18-11-,24-19?. The van der Waals surface area contributed by atoms with Gasteiger partial charge < -0.3 is 5.32 Å². The molecule has 24 heavy (non-hydrogen) atoms. The van der Waals surface area contributed by atoms with Gasteiger partial charge in [0.25, 0.3) is 0 Å². The molecule has 1 aromatic carbocycles. The van der Waals surface area contributed by atoms with E-state index in [0.29, 0.717) is 0 Å². The van der Waals surface area contributed by atoms with Crippen LogP contribution in [0.15, 0.2) is 52.1 Å². The van der Waals surface area contributed by atoms with E-state index in [1.165, 1.54) is 16.7 Å². The summed E-state index contributed by atoms with van der Waals surface area (Å²) in [6.45, 7) is 14.6. The monoisotopic (exact) mass is 325 g/mol. The van der Waals surface area contributed by atoms with Crippen LogP contribution in [0.2, 0.25) is 0 Å². The van der Waals surface area contributed by atoms with Gasteiger partial charge in [0.1, 0.15) is 0 Å². The Balaban J connectivity index is 2.52. The van der Waals surface area contributed by atoms with Crippen molar-refractivity contribution in [3.05, 3.63) is 58.8 Å². The molecule has 3 heteroatoms. The van der Waals surface area contributed by atoms with Crippen LogP contribution in [0.5, 0.6) is 0 Å². The van der Waals surface area contributed by atoms with Crippen molar-refractivity contribution in [3.8, 4) is 0 Å². The summed E-state index contributed by atoms with van der Waals surface area (Å²) in [5.74, 6) is 0. The second kappa shape index (κ2) is 11.5. The number of hydrogen-bond acceptors (Lipinski definition) is 3. The first-order valence-corrected chi connectivity index (χ1v) is 8.70. The molecule has 0 aliphatic rings. The molecule has 1 rings (SSSR count). The molecule has 130 valence electrons. The molecule has 0 aliphatic heterocycles. The van der Waals surface area contributed by atoms with E-state index in [1.54, 1.807) is 0 Å². The molecular weight excluding hydrogens is 294 g/mol. The zero-order valence-corrected chi connectivity index (χ0v) is 15.6. The van der Waals surface area contributed by atoms with Crippen molar-refractivity contribution in [2.75, 3.05) is 13.1 Å². The summed E-state index contributed by atoms with van der Waals surface area (Å²) in [5.41, 5.74) is 5.95. The lowest BCUT2D eigenvalue weighted by Gasteiger charge is -2.09. The van der Waals surface area contributed by atoms with E-state index in [2.05, 4.69) is 62.1 Å². The van der Waals surface area contributed by atoms with Crippen LogP contribution in [0, 0.1) is 6.92 Å². The lowest BCUT2D eigenvalue weighted by molar-refractivity contribution is 0.723. The Morgan fingerprint density at radius 1 is 1.29 bits per heavy atom. The van der Waals surface area contributed by atoms with E-state index in [4.69, 9.17) is 4.99 Å². The summed E-state index contributed by atoms with van der Waals surface area (Å²) in [4.78, 5) is 8.56. The van der Waals surface area contributed by atoms with Gasteiger partial charge in [0.2, 0.25) is 0 Å². The molecule has 0 bridgehead atoms. The number of rotatable bonds is 10. The molecule has 0 radical (unpaired) electrons. The van der Waals surface area contributed by atoms with Crippen LogP contribution in [-0.4, -0.2) is 25.5 Å². The summed E-state index contributed by atoms with van der Waals surface area (Å²) in [7, 11) is 0. The maximum absolute atomic E-state index is 4.71. The third kappa shape index (κ3) is 7.51. The molecule has 0 amide bonds. The van der Waals surface area contributed by atoms with E-state index >= 15 is 0 Å². The average molecular weight is 326 g/mol. The Bertz CT molecular complexity index is 610. The van der Waals surface area contributed by atoms with Gasteiger partial charge in [0, 0.05) is 24.5 Å². The maximum Gasteiger partial charge on any atom is 0.0395 e. The summed E-state index contributed by atoms with van der Waals surface area (Å²) >= 11 is 0. The van der Waals surface area contributed by atoms with Gasteiger partial charge in [0.05, 0.1) is 0 Å². The van der Waals surface area contributed by atoms with Crippen LogP contribution >= 0.6 is 0 Å². The third-order valence-corrected chi connectivity index (χ3v) is 3.93. The van der Waals surface area contributed by atoms with Gasteiger partial charge in [0.15, 0.2) is 0 Å². The van der Waals surface area contributed by atoms with Crippen molar-refractivity contribution in [2.24, 2.45) is 9.98 Å². The second-order valence-corrected chi connectivity index (χ2v) is 5.93. The highest BCUT2D eigenvalue weighted by molar-refractivity contribution is 5.98. The molecule has 3 nitrogen and oxygen atoms in total. The smallest absolute Gasteiger partial charge is 0.0395 e. The van der Waals surface area contributed by atoms with Gasteiger partial charge in [-0.1, -0.05) is 31.2 Å². The summed E-state index contributed by atoms with van der Waals surface area (Å²) in [5, 5.41) is 3.39. The average Bonchev–Trinajstić information content (AvgIpc) is 2.59. The Labute approximate surface area is 147 Å². The van der Waals surface area contributed by atoms with Crippen LogP contribution in [0.25, 0.3) is 0 Å². The van der Waals surface area contributed by atoms with Crippen molar-refractivity contribution >= 4 is 12.4 Å². The SMILES string of the molecule is C=N/C(C)=C\C=C/CCCN=C(C)c1ccc(C)c(CNCC)c1. The number of aryl methyl sites for hydroxylation is 1.